The van der Waals surface area contributed by atoms with Crippen LogP contribution in [0, 0.1) is 0 Å². The van der Waals surface area contributed by atoms with E-state index in [0.29, 0.717) is 12.1 Å². The van der Waals surface area contributed by atoms with Crippen molar-refractivity contribution in [2.24, 2.45) is 0 Å². The molecule has 0 saturated carbocycles. The minimum atomic E-state index is -5.59. The predicted octanol–water partition coefficient (Wildman–Crippen LogP) is 5.99. The van der Waals surface area contributed by atoms with E-state index in [2.05, 4.69) is 0 Å². The Kier molecular flexibility index (Phi) is 8.16. The molecular formula is C10H4Cl2F8O4S4. The number of hydrogen-bond acceptors (Lipinski definition) is 4. The van der Waals surface area contributed by atoms with E-state index in [4.69, 9.17) is 32.3 Å². The number of thioether (sulfide) groups is 2. The van der Waals surface area contributed by atoms with Gasteiger partial charge in [-0.05, 0) is 35.7 Å². The van der Waals surface area contributed by atoms with E-state index >= 15 is 0 Å². The summed E-state index contributed by atoms with van der Waals surface area (Å²) in [5, 5.41) is -23.6. The van der Waals surface area contributed by atoms with E-state index in [9.17, 15) is 43.5 Å². The molecule has 0 aliphatic rings. The molecule has 0 aliphatic carbocycles. The molecule has 2 N–H and O–H groups in total. The summed E-state index contributed by atoms with van der Waals surface area (Å²) in [5.74, 6) is 0. The molecule has 0 heterocycles. The van der Waals surface area contributed by atoms with Crippen LogP contribution in [0.5, 0.6) is 0 Å². The van der Waals surface area contributed by atoms with Crippen LogP contribution >= 0.6 is 46.7 Å². The summed E-state index contributed by atoms with van der Waals surface area (Å²) in [7, 11) is 0. The average Bonchev–Trinajstić information content (AvgIpc) is 2.53. The molecule has 0 saturated heterocycles. The van der Waals surface area contributed by atoms with Crippen LogP contribution in [0.1, 0.15) is 0 Å². The van der Waals surface area contributed by atoms with Gasteiger partial charge in [-0.15, -0.1) is 0 Å². The molecule has 0 bridgehead atoms. The van der Waals surface area contributed by atoms with Crippen molar-refractivity contribution >= 4 is 68.9 Å². The standard InChI is InChI=1S/C10H4Cl2F8O4S4/c11-3-1-2-4(25-7(13,14)9(17,18)27(21)22)6(5(3)12)26-8(15,16)10(19,20)28(23)24/h1-2H,(H,21,22)(H,23,24). The molecule has 0 spiro atoms. The molecule has 0 aliphatic heterocycles. The Bertz CT molecular complexity index is 810. The Balaban J connectivity index is 3.49. The molecule has 28 heavy (non-hydrogen) atoms. The Morgan fingerprint density at radius 3 is 1.57 bits per heavy atom. The van der Waals surface area contributed by atoms with Gasteiger partial charge in [-0.1, -0.05) is 23.2 Å². The third kappa shape index (κ3) is 5.07. The van der Waals surface area contributed by atoms with Crippen molar-refractivity contribution in [2.75, 3.05) is 0 Å². The molecule has 2 unspecified atom stereocenters. The van der Waals surface area contributed by atoms with Crippen LogP contribution in [0.2, 0.25) is 10.0 Å². The number of halogens is 10. The quantitative estimate of drug-likeness (QED) is 0.240. The molecule has 162 valence electrons. The van der Waals surface area contributed by atoms with Crippen molar-refractivity contribution in [3.63, 3.8) is 0 Å². The molecule has 0 fully saturated rings. The monoisotopic (exact) mass is 538 g/mol. The minimum Gasteiger partial charge on any atom is -0.301 e. The van der Waals surface area contributed by atoms with E-state index in [-0.39, 0.29) is 0 Å². The van der Waals surface area contributed by atoms with E-state index < -0.39 is 86.5 Å². The van der Waals surface area contributed by atoms with Gasteiger partial charge >= 0.3 is 21.0 Å². The van der Waals surface area contributed by atoms with Crippen molar-refractivity contribution in [3.05, 3.63) is 22.2 Å². The van der Waals surface area contributed by atoms with Crippen LogP contribution in [0.4, 0.5) is 35.1 Å². The first-order chi connectivity index (χ1) is 12.4. The third-order valence-corrected chi connectivity index (χ3v) is 7.51. The average molecular weight is 539 g/mol. The fourth-order valence-electron chi connectivity index (χ4n) is 1.28. The molecule has 0 radical (unpaired) electrons. The summed E-state index contributed by atoms with van der Waals surface area (Å²) in [5.41, 5.74) is 0. The largest absolute Gasteiger partial charge is 0.416 e. The van der Waals surface area contributed by atoms with Gasteiger partial charge in [0, 0.05) is 9.79 Å². The highest BCUT2D eigenvalue weighted by atomic mass is 35.5. The van der Waals surface area contributed by atoms with Gasteiger partial charge in [-0.3, -0.25) is 0 Å². The molecule has 18 heteroatoms. The zero-order valence-corrected chi connectivity index (χ0v) is 17.1. The highest BCUT2D eigenvalue weighted by molar-refractivity contribution is 8.04. The topological polar surface area (TPSA) is 74.6 Å². The van der Waals surface area contributed by atoms with Crippen LogP contribution in [0.25, 0.3) is 0 Å². The number of alkyl halides is 8. The molecule has 4 nitrogen and oxygen atoms in total. The summed E-state index contributed by atoms with van der Waals surface area (Å²) in [6.45, 7) is 0. The van der Waals surface area contributed by atoms with Gasteiger partial charge in [0.05, 0.1) is 10.0 Å². The number of benzene rings is 1. The summed E-state index contributed by atoms with van der Waals surface area (Å²) in [4.78, 5) is -2.60. The summed E-state index contributed by atoms with van der Waals surface area (Å²) in [6.07, 6.45) is 0. The first-order valence-corrected chi connectivity index (χ1v) is 10.6. The van der Waals surface area contributed by atoms with Crippen LogP contribution in [0.15, 0.2) is 21.9 Å². The van der Waals surface area contributed by atoms with Gasteiger partial charge < -0.3 is 9.11 Å². The SMILES string of the molecule is O=S(O)C(F)(F)C(F)(F)Sc1ccc(Cl)c(Cl)c1SC(F)(F)C(F)(F)S(=O)O. The van der Waals surface area contributed by atoms with E-state index in [1.54, 1.807) is 0 Å². The maximum atomic E-state index is 13.7. The number of hydrogen-bond donors (Lipinski definition) is 2. The molecule has 0 aromatic heterocycles. The molecular weight excluding hydrogens is 535 g/mol. The van der Waals surface area contributed by atoms with Crippen molar-refractivity contribution in [1.29, 1.82) is 0 Å². The smallest absolute Gasteiger partial charge is 0.301 e. The fraction of sp³-hybridized carbons (Fsp3) is 0.400. The van der Waals surface area contributed by atoms with Crippen LogP contribution < -0.4 is 0 Å². The second-order valence-electron chi connectivity index (χ2n) is 4.46. The first kappa shape index (κ1) is 26.2. The van der Waals surface area contributed by atoms with E-state index in [0.717, 1.165) is 0 Å². The molecule has 1 aromatic rings. The van der Waals surface area contributed by atoms with Crippen LogP contribution in [0.3, 0.4) is 0 Å². The van der Waals surface area contributed by atoms with Crippen molar-refractivity contribution in [1.82, 2.24) is 0 Å². The second-order valence-corrected chi connectivity index (χ2v) is 9.55. The fourth-order valence-corrected chi connectivity index (χ4v) is 4.63. The lowest BCUT2D eigenvalue weighted by Gasteiger charge is -2.26. The van der Waals surface area contributed by atoms with Gasteiger partial charge in [-0.25, -0.2) is 8.42 Å². The van der Waals surface area contributed by atoms with Crippen LogP contribution in [-0.4, -0.2) is 38.5 Å². The Morgan fingerprint density at radius 2 is 1.18 bits per heavy atom. The summed E-state index contributed by atoms with van der Waals surface area (Å²) in [6, 6.07) is 1.12. The summed E-state index contributed by atoms with van der Waals surface area (Å²) >= 11 is -0.302. The zero-order chi connectivity index (χ0) is 22.3. The predicted molar refractivity (Wildman–Crippen MR) is 89.5 cm³/mol. The Hall–Kier alpha value is 0.160. The molecule has 1 rings (SSSR count). The lowest BCUT2D eigenvalue weighted by Crippen LogP contribution is -2.42. The Labute approximate surface area is 174 Å². The van der Waals surface area contributed by atoms with E-state index in [1.165, 1.54) is 0 Å². The maximum absolute atomic E-state index is 13.7. The van der Waals surface area contributed by atoms with E-state index in [1.807, 2.05) is 0 Å². The normalized spacial score (nSPS) is 16.1. The number of rotatable bonds is 8. The zero-order valence-electron chi connectivity index (χ0n) is 12.3. The highest BCUT2D eigenvalue weighted by Crippen LogP contribution is 2.56. The molecule has 0 amide bonds. The first-order valence-electron chi connectivity index (χ1n) is 5.97. The van der Waals surface area contributed by atoms with Crippen molar-refractivity contribution in [2.45, 2.75) is 30.8 Å². The van der Waals surface area contributed by atoms with Crippen molar-refractivity contribution in [3.8, 4) is 0 Å². The lowest BCUT2D eigenvalue weighted by atomic mass is 10.3. The maximum Gasteiger partial charge on any atom is 0.416 e. The van der Waals surface area contributed by atoms with Gasteiger partial charge in [0.2, 0.25) is 22.2 Å². The Morgan fingerprint density at radius 1 is 0.786 bits per heavy atom. The minimum absolute atomic E-state index is 0.440. The van der Waals surface area contributed by atoms with Gasteiger partial charge in [0.25, 0.3) is 0 Å². The van der Waals surface area contributed by atoms with Crippen LogP contribution in [-0.2, 0) is 22.2 Å². The third-order valence-electron chi connectivity index (χ3n) is 2.60. The van der Waals surface area contributed by atoms with Crippen molar-refractivity contribution < 1.29 is 52.6 Å². The lowest BCUT2D eigenvalue weighted by molar-refractivity contribution is -0.0913. The highest BCUT2D eigenvalue weighted by Gasteiger charge is 2.64. The van der Waals surface area contributed by atoms with Gasteiger partial charge in [0.15, 0.2) is 0 Å². The van der Waals surface area contributed by atoms with Gasteiger partial charge in [-0.2, -0.15) is 35.1 Å². The molecule has 1 aromatic carbocycles. The molecule has 2 atom stereocenters. The van der Waals surface area contributed by atoms with Gasteiger partial charge in [0.1, 0.15) is 0 Å². The summed E-state index contributed by atoms with van der Waals surface area (Å²) < 4.78 is 145. The second kappa shape index (κ2) is 8.72.